The standard InChI is InChI=1S/C23H14N4O5/c28-22-19-20(14-4-3-5-16(12-14)27(31)32)24-18-7-2-1-6-17(18)21(19)25-26(22)15-10-8-13(9-11-15)23(29)30/h1-12,25H,(H,29,30). The molecule has 9 heteroatoms. The SMILES string of the molecule is O=C(O)c1ccc(-n2[nH]c3c(c(-c4cccc([N+](=O)[O-])c4)nc4ccccc43)c2=O)cc1. The molecule has 32 heavy (non-hydrogen) atoms. The number of nitrogens with one attached hydrogen (secondary N) is 1. The highest BCUT2D eigenvalue weighted by Gasteiger charge is 2.20. The number of hydrogen-bond acceptors (Lipinski definition) is 5. The zero-order chi connectivity index (χ0) is 22.4. The van der Waals surface area contributed by atoms with E-state index in [4.69, 9.17) is 5.11 Å². The summed E-state index contributed by atoms with van der Waals surface area (Å²) >= 11 is 0. The first-order chi connectivity index (χ1) is 15.4. The molecule has 0 atom stereocenters. The number of para-hydroxylation sites is 1. The molecule has 0 saturated carbocycles. The van der Waals surface area contributed by atoms with Gasteiger partial charge < -0.3 is 5.11 Å². The van der Waals surface area contributed by atoms with E-state index >= 15 is 0 Å². The number of aromatic amines is 1. The molecule has 0 amide bonds. The third kappa shape index (κ3) is 3.00. The zero-order valence-electron chi connectivity index (χ0n) is 16.4. The Morgan fingerprint density at radius 2 is 1.78 bits per heavy atom. The number of H-pyrrole nitrogens is 1. The number of carboxylic acids is 1. The van der Waals surface area contributed by atoms with Gasteiger partial charge in [-0.15, -0.1) is 0 Å². The van der Waals surface area contributed by atoms with E-state index in [0.717, 1.165) is 5.39 Å². The molecule has 0 unspecified atom stereocenters. The number of carbonyl (C=O) groups is 1. The lowest BCUT2D eigenvalue weighted by atomic mass is 10.0. The van der Waals surface area contributed by atoms with Gasteiger partial charge in [0.2, 0.25) is 0 Å². The fourth-order valence-electron chi connectivity index (χ4n) is 3.72. The Labute approximate surface area is 179 Å². The quantitative estimate of drug-likeness (QED) is 0.328. The lowest BCUT2D eigenvalue weighted by molar-refractivity contribution is -0.384. The molecule has 0 radical (unpaired) electrons. The molecule has 2 N–H and O–H groups in total. The molecular weight excluding hydrogens is 412 g/mol. The van der Waals surface area contributed by atoms with Gasteiger partial charge in [-0.2, -0.15) is 0 Å². The van der Waals surface area contributed by atoms with Crippen LogP contribution in [0.25, 0.3) is 38.8 Å². The summed E-state index contributed by atoms with van der Waals surface area (Å²) in [6.07, 6.45) is 0. The predicted octanol–water partition coefficient (Wildman–Crippen LogP) is 4.14. The Hall–Kier alpha value is -4.79. The van der Waals surface area contributed by atoms with Gasteiger partial charge in [0.05, 0.1) is 38.3 Å². The van der Waals surface area contributed by atoms with Crippen molar-refractivity contribution in [2.75, 3.05) is 0 Å². The Kier molecular flexibility index (Phi) is 4.30. The van der Waals surface area contributed by atoms with Crippen LogP contribution in [0.2, 0.25) is 0 Å². The fourth-order valence-corrected chi connectivity index (χ4v) is 3.72. The van der Waals surface area contributed by atoms with Gasteiger partial charge >= 0.3 is 5.97 Å². The molecule has 5 aromatic rings. The van der Waals surface area contributed by atoms with Gasteiger partial charge in [-0.05, 0) is 30.3 Å². The van der Waals surface area contributed by atoms with Crippen molar-refractivity contribution >= 4 is 33.5 Å². The second-order valence-corrected chi connectivity index (χ2v) is 7.14. The maximum Gasteiger partial charge on any atom is 0.335 e. The molecule has 0 aliphatic carbocycles. The number of non-ortho nitro benzene ring substituents is 1. The third-order valence-electron chi connectivity index (χ3n) is 5.24. The van der Waals surface area contributed by atoms with Gasteiger partial charge in [0.15, 0.2) is 0 Å². The number of nitrogens with zero attached hydrogens (tertiary/aromatic N) is 3. The average molecular weight is 426 g/mol. The van der Waals surface area contributed by atoms with Crippen LogP contribution < -0.4 is 5.56 Å². The third-order valence-corrected chi connectivity index (χ3v) is 5.24. The van der Waals surface area contributed by atoms with Crippen LogP contribution in [-0.2, 0) is 0 Å². The molecule has 0 saturated heterocycles. The number of nitro groups is 1. The minimum Gasteiger partial charge on any atom is -0.478 e. The van der Waals surface area contributed by atoms with Crippen molar-refractivity contribution in [3.63, 3.8) is 0 Å². The number of carboxylic acid groups (broad SMARTS) is 1. The molecule has 0 aliphatic heterocycles. The van der Waals surface area contributed by atoms with Crippen molar-refractivity contribution in [2.24, 2.45) is 0 Å². The summed E-state index contributed by atoms with van der Waals surface area (Å²) < 4.78 is 1.31. The molecule has 5 rings (SSSR count). The van der Waals surface area contributed by atoms with E-state index in [2.05, 4.69) is 10.1 Å². The maximum atomic E-state index is 13.4. The average Bonchev–Trinajstić information content (AvgIpc) is 3.16. The minimum atomic E-state index is -1.07. The number of pyridine rings is 1. The lowest BCUT2D eigenvalue weighted by Gasteiger charge is -2.05. The van der Waals surface area contributed by atoms with Gasteiger partial charge in [-0.3, -0.25) is 20.0 Å². The van der Waals surface area contributed by atoms with E-state index in [-0.39, 0.29) is 16.6 Å². The molecule has 0 bridgehead atoms. The normalized spacial score (nSPS) is 11.1. The Balaban J connectivity index is 1.83. The van der Waals surface area contributed by atoms with Crippen LogP contribution in [0, 0.1) is 10.1 Å². The molecule has 9 nitrogen and oxygen atoms in total. The van der Waals surface area contributed by atoms with E-state index in [1.54, 1.807) is 18.2 Å². The number of hydrogen-bond donors (Lipinski definition) is 2. The monoisotopic (exact) mass is 426 g/mol. The topological polar surface area (TPSA) is 131 Å². The number of fused-ring (bicyclic) bond motifs is 3. The zero-order valence-corrected chi connectivity index (χ0v) is 16.4. The lowest BCUT2D eigenvalue weighted by Crippen LogP contribution is -2.15. The second kappa shape index (κ2) is 7.17. The summed E-state index contributed by atoms with van der Waals surface area (Å²) in [5.74, 6) is -1.07. The van der Waals surface area contributed by atoms with Crippen LogP contribution in [-0.4, -0.2) is 30.8 Å². The van der Waals surface area contributed by atoms with Crippen LogP contribution in [0.3, 0.4) is 0 Å². The van der Waals surface area contributed by atoms with Crippen molar-refractivity contribution < 1.29 is 14.8 Å². The summed E-state index contributed by atoms with van der Waals surface area (Å²) in [7, 11) is 0. The summed E-state index contributed by atoms with van der Waals surface area (Å²) in [6.45, 7) is 0. The number of aromatic nitrogens is 3. The molecule has 0 aliphatic rings. The second-order valence-electron chi connectivity index (χ2n) is 7.14. The molecule has 0 fully saturated rings. The highest BCUT2D eigenvalue weighted by molar-refractivity contribution is 6.08. The molecular formula is C23H14N4O5. The summed E-state index contributed by atoms with van der Waals surface area (Å²) in [5, 5.41) is 24.5. The minimum absolute atomic E-state index is 0.0994. The van der Waals surface area contributed by atoms with Crippen LogP contribution in [0.1, 0.15) is 10.4 Å². The van der Waals surface area contributed by atoms with Crippen molar-refractivity contribution in [3.8, 4) is 16.9 Å². The van der Waals surface area contributed by atoms with E-state index in [0.29, 0.717) is 28.0 Å². The first-order valence-electron chi connectivity index (χ1n) is 9.56. The summed E-state index contributed by atoms with van der Waals surface area (Å²) in [5.41, 5.74) is 1.96. The van der Waals surface area contributed by atoms with E-state index in [1.165, 1.54) is 41.1 Å². The maximum absolute atomic E-state index is 13.4. The van der Waals surface area contributed by atoms with Crippen LogP contribution in [0.4, 0.5) is 5.69 Å². The molecule has 2 aromatic heterocycles. The molecule has 0 spiro atoms. The summed E-state index contributed by atoms with van der Waals surface area (Å²) in [4.78, 5) is 40.0. The van der Waals surface area contributed by atoms with Gasteiger partial charge in [0.25, 0.3) is 11.2 Å². The smallest absolute Gasteiger partial charge is 0.335 e. The largest absolute Gasteiger partial charge is 0.478 e. The van der Waals surface area contributed by atoms with E-state index in [9.17, 15) is 19.7 Å². The van der Waals surface area contributed by atoms with Crippen LogP contribution in [0.15, 0.2) is 77.6 Å². The number of rotatable bonds is 4. The number of benzene rings is 3. The molecule has 2 heterocycles. The van der Waals surface area contributed by atoms with Gasteiger partial charge in [-0.1, -0.05) is 30.3 Å². The number of nitro benzene ring substituents is 1. The summed E-state index contributed by atoms with van der Waals surface area (Å²) in [6, 6.07) is 19.1. The van der Waals surface area contributed by atoms with E-state index in [1.807, 2.05) is 18.2 Å². The highest BCUT2D eigenvalue weighted by Crippen LogP contribution is 2.31. The van der Waals surface area contributed by atoms with E-state index < -0.39 is 16.5 Å². The number of aromatic carboxylic acids is 1. The molecule has 3 aromatic carbocycles. The Morgan fingerprint density at radius 1 is 1.03 bits per heavy atom. The van der Waals surface area contributed by atoms with Crippen LogP contribution in [0.5, 0.6) is 0 Å². The van der Waals surface area contributed by atoms with Crippen LogP contribution >= 0.6 is 0 Å². The van der Waals surface area contributed by atoms with Gasteiger partial charge in [0, 0.05) is 23.1 Å². The molecule has 156 valence electrons. The Bertz CT molecular complexity index is 1600. The van der Waals surface area contributed by atoms with Gasteiger partial charge in [-0.25, -0.2) is 14.5 Å². The van der Waals surface area contributed by atoms with Crippen molar-refractivity contribution in [1.82, 2.24) is 14.8 Å². The predicted molar refractivity (Wildman–Crippen MR) is 118 cm³/mol. The highest BCUT2D eigenvalue weighted by atomic mass is 16.6. The van der Waals surface area contributed by atoms with Crippen molar-refractivity contribution in [3.05, 3.63) is 98.8 Å². The fraction of sp³-hybridized carbons (Fsp3) is 0. The first-order valence-corrected chi connectivity index (χ1v) is 9.56. The Morgan fingerprint density at radius 3 is 2.50 bits per heavy atom. The first kappa shape index (κ1) is 19.2. The van der Waals surface area contributed by atoms with Crippen molar-refractivity contribution in [1.29, 1.82) is 0 Å². The van der Waals surface area contributed by atoms with Crippen molar-refractivity contribution in [2.45, 2.75) is 0 Å². The van der Waals surface area contributed by atoms with Gasteiger partial charge in [0.1, 0.15) is 0 Å².